The third-order valence-corrected chi connectivity index (χ3v) is 7.56. The number of hydrogen-bond donors (Lipinski definition) is 3. The van der Waals surface area contributed by atoms with E-state index < -0.39 is 21.8 Å². The predicted octanol–water partition coefficient (Wildman–Crippen LogP) is 4.20. The van der Waals surface area contributed by atoms with Crippen molar-refractivity contribution in [1.82, 2.24) is 15.0 Å². The van der Waals surface area contributed by atoms with E-state index in [-0.39, 0.29) is 16.5 Å². The monoisotopic (exact) mass is 570 g/mol. The van der Waals surface area contributed by atoms with Gasteiger partial charge in [-0.1, -0.05) is 30.3 Å². The van der Waals surface area contributed by atoms with Crippen LogP contribution in [0.2, 0.25) is 0 Å². The van der Waals surface area contributed by atoms with Gasteiger partial charge >= 0.3 is 0 Å². The first-order valence-corrected chi connectivity index (χ1v) is 13.8. The minimum atomic E-state index is -4.20. The summed E-state index contributed by atoms with van der Waals surface area (Å²) in [5.41, 5.74) is 8.21. The topological polar surface area (TPSA) is 158 Å². The zero-order chi connectivity index (χ0) is 29.0. The molecule has 0 unspecified atom stereocenters. The Morgan fingerprint density at radius 3 is 2.10 bits per heavy atom. The zero-order valence-corrected chi connectivity index (χ0v) is 22.9. The summed E-state index contributed by atoms with van der Waals surface area (Å²) in [4.78, 5) is 25.5. The lowest BCUT2D eigenvalue weighted by Gasteiger charge is -2.17. The largest absolute Gasteiger partial charge is 0.497 e. The standard InChI is InChI=1S/C29H26N6O5S/c1-39-21-14-20(15-22(16-21)40-2)32-28-29(34-25-11-4-3-10-24(25)33-28)35-41(37,38)23-9-5-7-18(13-23)26(27(30)36)19-8-6-12-31-17-19/h3-17,26H,1-2H3,(H2,30,36)(H,32,33)(H,34,35)/t26-/m1/s1. The van der Waals surface area contributed by atoms with Crippen molar-refractivity contribution in [3.63, 3.8) is 0 Å². The molecule has 4 N–H and O–H groups in total. The lowest BCUT2D eigenvalue weighted by Crippen LogP contribution is -2.23. The summed E-state index contributed by atoms with van der Waals surface area (Å²) < 4.78 is 40.5. The molecule has 5 aromatic rings. The number of nitrogens with one attached hydrogen (secondary N) is 2. The highest BCUT2D eigenvalue weighted by Gasteiger charge is 2.24. The average Bonchev–Trinajstić information content (AvgIpc) is 2.97. The van der Waals surface area contributed by atoms with Crippen molar-refractivity contribution in [3.8, 4) is 11.5 Å². The Morgan fingerprint density at radius 2 is 1.49 bits per heavy atom. The minimum Gasteiger partial charge on any atom is -0.497 e. The molecule has 0 fully saturated rings. The van der Waals surface area contributed by atoms with Gasteiger partial charge in [0.2, 0.25) is 5.91 Å². The summed E-state index contributed by atoms with van der Waals surface area (Å²) in [6.45, 7) is 0. The molecule has 0 aliphatic rings. The molecular weight excluding hydrogens is 544 g/mol. The van der Waals surface area contributed by atoms with Gasteiger partial charge in [-0.2, -0.15) is 0 Å². The minimum absolute atomic E-state index is 0.0328. The number of methoxy groups -OCH3 is 2. The number of sulfonamides is 1. The van der Waals surface area contributed by atoms with Crippen LogP contribution in [0.3, 0.4) is 0 Å². The molecule has 0 aliphatic carbocycles. The zero-order valence-electron chi connectivity index (χ0n) is 22.1. The Labute approximate surface area is 236 Å². The molecule has 0 radical (unpaired) electrons. The van der Waals surface area contributed by atoms with Gasteiger partial charge in [-0.05, 0) is 41.5 Å². The molecule has 3 aromatic carbocycles. The SMILES string of the molecule is COc1cc(Nc2nc3ccccc3nc2NS(=O)(=O)c2cccc([C@@H](C(N)=O)c3cccnc3)c2)cc(OC)c1. The van der Waals surface area contributed by atoms with Crippen LogP contribution in [0.5, 0.6) is 11.5 Å². The van der Waals surface area contributed by atoms with Crippen molar-refractivity contribution in [2.75, 3.05) is 24.3 Å². The maximum Gasteiger partial charge on any atom is 0.263 e. The molecule has 0 bridgehead atoms. The van der Waals surface area contributed by atoms with E-state index in [9.17, 15) is 13.2 Å². The van der Waals surface area contributed by atoms with Crippen LogP contribution in [0.1, 0.15) is 17.0 Å². The quantitative estimate of drug-likeness (QED) is 0.224. The summed E-state index contributed by atoms with van der Waals surface area (Å²) in [6.07, 6.45) is 3.09. The van der Waals surface area contributed by atoms with E-state index in [0.29, 0.717) is 39.3 Å². The molecule has 0 aliphatic heterocycles. The highest BCUT2D eigenvalue weighted by molar-refractivity contribution is 7.92. The van der Waals surface area contributed by atoms with E-state index in [1.807, 2.05) is 6.07 Å². The lowest BCUT2D eigenvalue weighted by atomic mass is 9.92. The summed E-state index contributed by atoms with van der Waals surface area (Å²) in [5, 5.41) is 3.13. The van der Waals surface area contributed by atoms with Crippen LogP contribution in [0.4, 0.5) is 17.3 Å². The number of carbonyl (C=O) groups excluding carboxylic acids is 1. The van der Waals surface area contributed by atoms with Gasteiger partial charge in [-0.25, -0.2) is 18.4 Å². The molecular formula is C29H26N6O5S. The maximum atomic E-state index is 13.6. The van der Waals surface area contributed by atoms with Crippen molar-refractivity contribution in [3.05, 3.63) is 102 Å². The molecule has 1 amide bonds. The molecule has 0 spiro atoms. The second-order valence-corrected chi connectivity index (χ2v) is 10.6. The highest BCUT2D eigenvalue weighted by atomic mass is 32.2. The number of anilines is 3. The van der Waals surface area contributed by atoms with E-state index in [4.69, 9.17) is 15.2 Å². The number of nitrogens with two attached hydrogens (primary N) is 1. The van der Waals surface area contributed by atoms with Crippen LogP contribution in [0.25, 0.3) is 11.0 Å². The molecule has 41 heavy (non-hydrogen) atoms. The molecule has 2 aromatic heterocycles. The van der Waals surface area contributed by atoms with Crippen LogP contribution in [-0.4, -0.2) is 43.5 Å². The number of nitrogens with zero attached hydrogens (tertiary/aromatic N) is 3. The smallest absolute Gasteiger partial charge is 0.263 e. The molecule has 5 rings (SSSR count). The fourth-order valence-electron chi connectivity index (χ4n) is 4.29. The summed E-state index contributed by atoms with van der Waals surface area (Å²) in [5.74, 6) is -0.353. The number of ether oxygens (including phenoxy) is 2. The summed E-state index contributed by atoms with van der Waals surface area (Å²) >= 11 is 0. The van der Waals surface area contributed by atoms with E-state index in [1.54, 1.807) is 66.9 Å². The fraction of sp³-hybridized carbons (Fsp3) is 0.103. The molecule has 0 saturated carbocycles. The van der Waals surface area contributed by atoms with Crippen molar-refractivity contribution in [2.45, 2.75) is 10.8 Å². The van der Waals surface area contributed by atoms with Crippen molar-refractivity contribution < 1.29 is 22.7 Å². The third kappa shape index (κ3) is 6.02. The lowest BCUT2D eigenvalue weighted by molar-refractivity contribution is -0.118. The Kier molecular flexibility index (Phi) is 7.66. The third-order valence-electron chi connectivity index (χ3n) is 6.22. The van der Waals surface area contributed by atoms with Gasteiger partial charge in [-0.3, -0.25) is 14.5 Å². The first-order valence-electron chi connectivity index (χ1n) is 12.4. The first-order chi connectivity index (χ1) is 19.8. The fourth-order valence-corrected chi connectivity index (χ4v) is 5.35. The second-order valence-electron chi connectivity index (χ2n) is 8.94. The number of pyridine rings is 1. The van der Waals surface area contributed by atoms with Gasteiger partial charge in [0.25, 0.3) is 10.0 Å². The first kappa shape index (κ1) is 27.3. The maximum absolute atomic E-state index is 13.6. The van der Waals surface area contributed by atoms with Crippen molar-refractivity contribution in [1.29, 1.82) is 0 Å². The Morgan fingerprint density at radius 1 is 0.829 bits per heavy atom. The Balaban J connectivity index is 1.54. The number of hydrogen-bond acceptors (Lipinski definition) is 9. The molecule has 0 saturated heterocycles. The van der Waals surface area contributed by atoms with E-state index in [0.717, 1.165) is 0 Å². The molecule has 12 heteroatoms. The Hall–Kier alpha value is -5.23. The number of para-hydroxylation sites is 2. The normalized spacial score (nSPS) is 12.0. The van der Waals surface area contributed by atoms with Crippen LogP contribution >= 0.6 is 0 Å². The van der Waals surface area contributed by atoms with Crippen molar-refractivity contribution >= 4 is 44.3 Å². The Bertz CT molecular complexity index is 1810. The van der Waals surface area contributed by atoms with Gasteiger partial charge in [0.1, 0.15) is 11.5 Å². The van der Waals surface area contributed by atoms with Crippen LogP contribution in [-0.2, 0) is 14.8 Å². The molecule has 2 heterocycles. The predicted molar refractivity (Wildman–Crippen MR) is 155 cm³/mol. The number of carbonyl (C=O) groups is 1. The van der Waals surface area contributed by atoms with Crippen LogP contribution < -0.4 is 25.2 Å². The number of benzene rings is 3. The van der Waals surface area contributed by atoms with E-state index in [2.05, 4.69) is 25.0 Å². The van der Waals surface area contributed by atoms with Gasteiger partial charge < -0.3 is 20.5 Å². The van der Waals surface area contributed by atoms with Gasteiger partial charge in [-0.15, -0.1) is 0 Å². The van der Waals surface area contributed by atoms with Gasteiger partial charge in [0.15, 0.2) is 11.6 Å². The highest BCUT2D eigenvalue weighted by Crippen LogP contribution is 2.32. The number of fused-ring (bicyclic) bond motifs is 1. The van der Waals surface area contributed by atoms with E-state index in [1.165, 1.54) is 32.5 Å². The van der Waals surface area contributed by atoms with Crippen molar-refractivity contribution in [2.24, 2.45) is 5.73 Å². The molecule has 11 nitrogen and oxygen atoms in total. The summed E-state index contributed by atoms with van der Waals surface area (Å²) in [7, 11) is -1.14. The molecule has 208 valence electrons. The second kappa shape index (κ2) is 11.5. The molecule has 1 atom stereocenters. The van der Waals surface area contributed by atoms with Gasteiger partial charge in [0.05, 0.1) is 36.1 Å². The number of aromatic nitrogens is 3. The average molecular weight is 571 g/mol. The van der Waals surface area contributed by atoms with Crippen LogP contribution in [0.15, 0.2) is 96.2 Å². The van der Waals surface area contributed by atoms with Crippen LogP contribution in [0, 0.1) is 0 Å². The van der Waals surface area contributed by atoms with Gasteiger partial charge in [0, 0.05) is 36.3 Å². The number of amides is 1. The number of primary amides is 1. The summed E-state index contributed by atoms with van der Waals surface area (Å²) in [6, 6.07) is 21.6. The van der Waals surface area contributed by atoms with E-state index >= 15 is 0 Å². The number of rotatable bonds is 10.